The van der Waals surface area contributed by atoms with E-state index in [0.717, 1.165) is 17.7 Å². The molecule has 1 unspecified atom stereocenters. The SMILES string of the molecule is O=C1CC(N(C2CC2)S(=O)(=O)c2cccc(C(F)(F)F)c2)CCN1Cc1ccccc1. The van der Waals surface area contributed by atoms with Crippen molar-refractivity contribution in [1.29, 1.82) is 0 Å². The minimum atomic E-state index is -4.63. The molecule has 1 aliphatic heterocycles. The third-order valence-electron chi connectivity index (χ3n) is 5.71. The number of alkyl halides is 3. The second-order valence-corrected chi connectivity index (χ2v) is 9.88. The van der Waals surface area contributed by atoms with E-state index in [2.05, 4.69) is 0 Å². The lowest BCUT2D eigenvalue weighted by Gasteiger charge is -2.37. The first-order valence-electron chi connectivity index (χ1n) is 10.2. The molecule has 31 heavy (non-hydrogen) atoms. The zero-order valence-corrected chi connectivity index (χ0v) is 17.6. The molecule has 1 saturated carbocycles. The molecule has 0 bridgehead atoms. The fourth-order valence-corrected chi connectivity index (χ4v) is 5.97. The van der Waals surface area contributed by atoms with Crippen LogP contribution in [0.15, 0.2) is 59.5 Å². The largest absolute Gasteiger partial charge is 0.416 e. The maximum absolute atomic E-state index is 13.3. The van der Waals surface area contributed by atoms with E-state index in [1.165, 1.54) is 10.4 Å². The Bertz CT molecular complexity index is 1050. The molecule has 2 aromatic carbocycles. The lowest BCUT2D eigenvalue weighted by molar-refractivity contribution is -0.138. The fourth-order valence-electron chi connectivity index (χ4n) is 4.02. The van der Waals surface area contributed by atoms with Crippen molar-refractivity contribution in [2.24, 2.45) is 0 Å². The van der Waals surface area contributed by atoms with Crippen LogP contribution in [-0.2, 0) is 27.5 Å². The normalized spacial score (nSPS) is 20.3. The molecule has 5 nitrogen and oxygen atoms in total. The van der Waals surface area contributed by atoms with Gasteiger partial charge in [-0.3, -0.25) is 4.79 Å². The summed E-state index contributed by atoms with van der Waals surface area (Å²) in [6.45, 7) is 0.857. The van der Waals surface area contributed by atoms with Gasteiger partial charge in [0.15, 0.2) is 0 Å². The van der Waals surface area contributed by atoms with Crippen molar-refractivity contribution in [1.82, 2.24) is 9.21 Å². The number of hydrogen-bond donors (Lipinski definition) is 0. The summed E-state index contributed by atoms with van der Waals surface area (Å²) < 4.78 is 67.2. The Morgan fingerprint density at radius 2 is 1.68 bits per heavy atom. The Morgan fingerprint density at radius 3 is 2.29 bits per heavy atom. The Hall–Kier alpha value is -2.39. The van der Waals surface area contributed by atoms with Gasteiger partial charge in [0.25, 0.3) is 0 Å². The van der Waals surface area contributed by atoms with Gasteiger partial charge in [-0.2, -0.15) is 17.5 Å². The molecule has 2 fully saturated rings. The molecule has 1 atom stereocenters. The summed E-state index contributed by atoms with van der Waals surface area (Å²) in [4.78, 5) is 14.1. The van der Waals surface area contributed by atoms with Crippen molar-refractivity contribution in [3.8, 4) is 0 Å². The number of rotatable bonds is 6. The summed E-state index contributed by atoms with van der Waals surface area (Å²) in [7, 11) is -4.16. The number of nitrogens with zero attached hydrogens (tertiary/aromatic N) is 2. The van der Waals surface area contributed by atoms with Gasteiger partial charge in [0, 0.05) is 31.6 Å². The summed E-state index contributed by atoms with van der Waals surface area (Å²) in [5.74, 6) is -0.148. The predicted molar refractivity (Wildman–Crippen MR) is 108 cm³/mol. The average Bonchev–Trinajstić information content (AvgIpc) is 3.55. The van der Waals surface area contributed by atoms with Crippen LogP contribution >= 0.6 is 0 Å². The van der Waals surface area contributed by atoms with Crippen molar-refractivity contribution >= 4 is 15.9 Å². The van der Waals surface area contributed by atoms with E-state index >= 15 is 0 Å². The van der Waals surface area contributed by atoms with Crippen LogP contribution in [0.2, 0.25) is 0 Å². The summed E-state index contributed by atoms with van der Waals surface area (Å²) >= 11 is 0. The molecule has 4 rings (SSSR count). The summed E-state index contributed by atoms with van der Waals surface area (Å²) in [6, 6.07) is 12.5. The van der Waals surface area contributed by atoms with Gasteiger partial charge < -0.3 is 4.90 Å². The highest BCUT2D eigenvalue weighted by atomic mass is 32.2. The molecular weight excluding hydrogens is 429 g/mol. The first-order chi connectivity index (χ1) is 14.7. The Balaban J connectivity index is 1.54. The molecule has 0 aromatic heterocycles. The van der Waals surface area contributed by atoms with Gasteiger partial charge in [-0.15, -0.1) is 0 Å². The lowest BCUT2D eigenvalue weighted by atomic mass is 10.0. The van der Waals surface area contributed by atoms with Crippen LogP contribution in [0.3, 0.4) is 0 Å². The quantitative estimate of drug-likeness (QED) is 0.665. The molecule has 2 aliphatic rings. The maximum atomic E-state index is 13.3. The molecule has 1 amide bonds. The molecule has 1 heterocycles. The minimum Gasteiger partial charge on any atom is -0.338 e. The Morgan fingerprint density at radius 1 is 0.968 bits per heavy atom. The molecule has 9 heteroatoms. The van der Waals surface area contributed by atoms with E-state index in [9.17, 15) is 26.4 Å². The fraction of sp³-hybridized carbons (Fsp3) is 0.409. The van der Waals surface area contributed by atoms with Crippen molar-refractivity contribution in [2.45, 2.75) is 55.4 Å². The number of carbonyl (C=O) groups is 1. The van der Waals surface area contributed by atoms with Crippen molar-refractivity contribution < 1.29 is 26.4 Å². The molecule has 166 valence electrons. The molecule has 2 aromatic rings. The summed E-state index contributed by atoms with van der Waals surface area (Å²) in [6.07, 6.45) is -2.85. The Kier molecular flexibility index (Phi) is 5.83. The maximum Gasteiger partial charge on any atom is 0.416 e. The minimum absolute atomic E-state index is 0.0293. The topological polar surface area (TPSA) is 57.7 Å². The molecule has 0 N–H and O–H groups in total. The van der Waals surface area contributed by atoms with Gasteiger partial charge in [-0.25, -0.2) is 8.42 Å². The van der Waals surface area contributed by atoms with Crippen molar-refractivity contribution in [3.05, 3.63) is 65.7 Å². The number of benzene rings is 2. The van der Waals surface area contributed by atoms with Crippen LogP contribution in [0.5, 0.6) is 0 Å². The molecule has 0 radical (unpaired) electrons. The monoisotopic (exact) mass is 452 g/mol. The van der Waals surface area contributed by atoms with Gasteiger partial charge in [0.2, 0.25) is 15.9 Å². The number of hydrogen-bond acceptors (Lipinski definition) is 3. The van der Waals surface area contributed by atoms with Crippen LogP contribution in [0.4, 0.5) is 13.2 Å². The zero-order chi connectivity index (χ0) is 22.2. The summed E-state index contributed by atoms with van der Waals surface area (Å²) in [5, 5.41) is 0. The predicted octanol–water partition coefficient (Wildman–Crippen LogP) is 4.05. The summed E-state index contributed by atoms with van der Waals surface area (Å²) in [5.41, 5.74) is -0.0111. The van der Waals surface area contributed by atoms with Gasteiger partial charge in [0.05, 0.1) is 10.5 Å². The third-order valence-corrected chi connectivity index (χ3v) is 7.72. The average molecular weight is 452 g/mol. The van der Waals surface area contributed by atoms with E-state index in [0.29, 0.717) is 38.4 Å². The number of piperidine rings is 1. The molecule has 1 aliphatic carbocycles. The van der Waals surface area contributed by atoms with E-state index in [4.69, 9.17) is 0 Å². The van der Waals surface area contributed by atoms with Gasteiger partial charge in [-0.1, -0.05) is 36.4 Å². The molecular formula is C22H23F3N2O3S. The molecule has 1 saturated heterocycles. The molecule has 0 spiro atoms. The first-order valence-corrected chi connectivity index (χ1v) is 11.6. The number of carbonyl (C=O) groups excluding carboxylic acids is 1. The van der Waals surface area contributed by atoms with E-state index in [-0.39, 0.29) is 23.3 Å². The van der Waals surface area contributed by atoms with Crippen LogP contribution in [0.1, 0.15) is 36.8 Å². The number of amides is 1. The van der Waals surface area contributed by atoms with Gasteiger partial charge in [-0.05, 0) is 43.0 Å². The number of likely N-dealkylation sites (tertiary alicyclic amines) is 1. The highest BCUT2D eigenvalue weighted by Gasteiger charge is 2.45. The second-order valence-electron chi connectivity index (χ2n) is 8.04. The Labute approximate surface area is 179 Å². The van der Waals surface area contributed by atoms with Gasteiger partial charge >= 0.3 is 6.18 Å². The number of halogens is 3. The lowest BCUT2D eigenvalue weighted by Crippen LogP contribution is -2.50. The van der Waals surface area contributed by atoms with E-state index in [1.807, 2.05) is 30.3 Å². The second kappa shape index (κ2) is 8.27. The third kappa shape index (κ3) is 4.77. The van der Waals surface area contributed by atoms with E-state index in [1.54, 1.807) is 4.90 Å². The zero-order valence-electron chi connectivity index (χ0n) is 16.8. The van der Waals surface area contributed by atoms with Crippen LogP contribution in [-0.4, -0.2) is 42.2 Å². The standard InChI is InChI=1S/C22H23F3N2O3S/c23-22(24,25)17-7-4-8-20(13-17)31(29,30)27(18-9-10-18)19-11-12-26(21(28)14-19)15-16-5-2-1-3-6-16/h1-8,13,18-19H,9-12,14-15H2. The smallest absolute Gasteiger partial charge is 0.338 e. The van der Waals surface area contributed by atoms with E-state index < -0.39 is 27.8 Å². The van der Waals surface area contributed by atoms with Crippen LogP contribution < -0.4 is 0 Å². The highest BCUT2D eigenvalue weighted by molar-refractivity contribution is 7.89. The number of sulfonamides is 1. The highest BCUT2D eigenvalue weighted by Crippen LogP contribution is 2.38. The van der Waals surface area contributed by atoms with Crippen molar-refractivity contribution in [2.75, 3.05) is 6.54 Å². The van der Waals surface area contributed by atoms with Crippen LogP contribution in [0, 0.1) is 0 Å². The van der Waals surface area contributed by atoms with Crippen LogP contribution in [0.25, 0.3) is 0 Å². The van der Waals surface area contributed by atoms with Gasteiger partial charge in [0.1, 0.15) is 0 Å². The van der Waals surface area contributed by atoms with Crippen molar-refractivity contribution in [3.63, 3.8) is 0 Å². The first kappa shape index (κ1) is 21.8.